The molecule has 0 atom stereocenters. The number of hydrogen-bond donors (Lipinski definition) is 0. The van der Waals surface area contributed by atoms with Crippen LogP contribution in [0, 0.1) is 0 Å². The van der Waals surface area contributed by atoms with Crippen LogP contribution in [-0.4, -0.2) is 29.1 Å². The molecule has 0 bridgehead atoms. The van der Waals surface area contributed by atoms with E-state index in [0.29, 0.717) is 6.61 Å². The summed E-state index contributed by atoms with van der Waals surface area (Å²) in [7, 11) is -1.76. The third-order valence-electron chi connectivity index (χ3n) is 2.09. The molecular weight excluding hydrogens is 249 g/mol. The summed E-state index contributed by atoms with van der Waals surface area (Å²) in [5.41, 5.74) is -0.513. The minimum atomic E-state index is -3.65. The summed E-state index contributed by atoms with van der Waals surface area (Å²) < 4.78 is 53.3. The molecule has 0 aliphatic heterocycles. The average molecular weight is 262 g/mol. The molecule has 0 aliphatic carbocycles. The van der Waals surface area contributed by atoms with Crippen molar-refractivity contribution in [3.8, 4) is 5.75 Å². The Hall–Kier alpha value is -1.11. The molecule has 7 heteroatoms. The molecule has 0 heterocycles. The predicted molar refractivity (Wildman–Crippen MR) is 63.4 cm³/mol. The SMILES string of the molecule is BCCOc1ccc(S(C)(=O)=O)c(C(F)F)c1. The largest absolute Gasteiger partial charge is 0.494 e. The Bertz CT molecular complexity index is 488. The molecule has 0 aliphatic rings. The molecule has 0 saturated carbocycles. The molecule has 0 N–H and O–H groups in total. The van der Waals surface area contributed by atoms with Gasteiger partial charge < -0.3 is 4.74 Å². The lowest BCUT2D eigenvalue weighted by Gasteiger charge is -2.10. The summed E-state index contributed by atoms with van der Waals surface area (Å²) in [5.74, 6) is 0.259. The monoisotopic (exact) mass is 262 g/mol. The predicted octanol–water partition coefficient (Wildman–Crippen LogP) is 1.46. The van der Waals surface area contributed by atoms with Crippen LogP contribution in [0.2, 0.25) is 6.32 Å². The van der Waals surface area contributed by atoms with E-state index < -0.39 is 21.8 Å². The van der Waals surface area contributed by atoms with Crippen molar-refractivity contribution in [2.24, 2.45) is 0 Å². The Morgan fingerprint density at radius 3 is 2.53 bits per heavy atom. The Morgan fingerprint density at radius 2 is 2.06 bits per heavy atom. The van der Waals surface area contributed by atoms with Crippen LogP contribution in [0.25, 0.3) is 0 Å². The number of hydrogen-bond acceptors (Lipinski definition) is 3. The topological polar surface area (TPSA) is 43.4 Å². The maximum atomic E-state index is 12.7. The molecular formula is C10H13BF2O3S. The van der Waals surface area contributed by atoms with Gasteiger partial charge in [-0.15, -0.1) is 0 Å². The highest BCUT2D eigenvalue weighted by atomic mass is 32.2. The van der Waals surface area contributed by atoms with Crippen LogP contribution in [0.5, 0.6) is 5.75 Å². The van der Waals surface area contributed by atoms with Crippen LogP contribution >= 0.6 is 0 Å². The molecule has 1 aromatic rings. The second kappa shape index (κ2) is 5.49. The highest BCUT2D eigenvalue weighted by Gasteiger charge is 2.20. The van der Waals surface area contributed by atoms with Gasteiger partial charge in [0.25, 0.3) is 6.43 Å². The van der Waals surface area contributed by atoms with Crippen molar-refractivity contribution < 1.29 is 21.9 Å². The number of halogens is 2. The van der Waals surface area contributed by atoms with E-state index in [1.807, 2.05) is 7.85 Å². The van der Waals surface area contributed by atoms with Gasteiger partial charge in [-0.3, -0.25) is 0 Å². The molecule has 0 unspecified atom stereocenters. The van der Waals surface area contributed by atoms with Gasteiger partial charge in [-0.25, -0.2) is 17.2 Å². The maximum Gasteiger partial charge on any atom is 0.265 e. The minimum Gasteiger partial charge on any atom is -0.494 e. The van der Waals surface area contributed by atoms with Gasteiger partial charge >= 0.3 is 0 Å². The number of benzene rings is 1. The van der Waals surface area contributed by atoms with Crippen molar-refractivity contribution in [3.63, 3.8) is 0 Å². The van der Waals surface area contributed by atoms with Crippen molar-refractivity contribution in [1.82, 2.24) is 0 Å². The van der Waals surface area contributed by atoms with E-state index in [9.17, 15) is 17.2 Å². The van der Waals surface area contributed by atoms with Gasteiger partial charge in [0.15, 0.2) is 9.84 Å². The van der Waals surface area contributed by atoms with Crippen molar-refractivity contribution in [3.05, 3.63) is 23.8 Å². The van der Waals surface area contributed by atoms with Gasteiger partial charge in [0.2, 0.25) is 0 Å². The second-order valence-electron chi connectivity index (χ2n) is 3.62. The zero-order chi connectivity index (χ0) is 13.1. The number of ether oxygens (including phenoxy) is 1. The standard InChI is InChI=1S/C10H13BF2O3S/c1-17(14,15)9-3-2-7(16-5-4-11)6-8(9)10(12)13/h2-3,6,10H,4-5,11H2,1H3. The minimum absolute atomic E-state index is 0.259. The maximum absolute atomic E-state index is 12.7. The number of alkyl halides is 2. The van der Waals surface area contributed by atoms with Crippen molar-refractivity contribution in [2.45, 2.75) is 17.6 Å². The fourth-order valence-corrected chi connectivity index (χ4v) is 2.24. The molecule has 0 fully saturated rings. The molecule has 0 amide bonds. The zero-order valence-corrected chi connectivity index (χ0v) is 10.4. The van der Waals surface area contributed by atoms with Gasteiger partial charge in [0.05, 0.1) is 11.5 Å². The van der Waals surface area contributed by atoms with E-state index in [1.54, 1.807) is 0 Å². The normalized spacial score (nSPS) is 11.8. The van der Waals surface area contributed by atoms with E-state index in [-0.39, 0.29) is 10.6 Å². The lowest BCUT2D eigenvalue weighted by atomic mass is 10.1. The molecule has 3 nitrogen and oxygen atoms in total. The van der Waals surface area contributed by atoms with Crippen LogP contribution < -0.4 is 4.74 Å². The summed E-state index contributed by atoms with van der Waals surface area (Å²) in [5, 5.41) is 0. The Balaban J connectivity index is 3.18. The third-order valence-corrected chi connectivity index (χ3v) is 3.26. The number of rotatable bonds is 5. The Kier molecular flexibility index (Phi) is 4.50. The van der Waals surface area contributed by atoms with Crippen LogP contribution in [0.15, 0.2) is 23.1 Å². The van der Waals surface area contributed by atoms with Crippen LogP contribution in [0.4, 0.5) is 8.78 Å². The van der Waals surface area contributed by atoms with Crippen LogP contribution in [0.3, 0.4) is 0 Å². The molecule has 17 heavy (non-hydrogen) atoms. The van der Waals surface area contributed by atoms with Gasteiger partial charge in [0.1, 0.15) is 13.6 Å². The first kappa shape index (κ1) is 14.0. The molecule has 0 spiro atoms. The number of sulfone groups is 1. The first-order valence-corrected chi connectivity index (χ1v) is 7.00. The average Bonchev–Trinajstić information content (AvgIpc) is 2.24. The van der Waals surface area contributed by atoms with Crippen LogP contribution in [-0.2, 0) is 9.84 Å². The van der Waals surface area contributed by atoms with Gasteiger partial charge in [-0.2, -0.15) is 0 Å². The van der Waals surface area contributed by atoms with E-state index >= 15 is 0 Å². The summed E-state index contributed by atoms with van der Waals surface area (Å²) in [4.78, 5) is -0.351. The highest BCUT2D eigenvalue weighted by Crippen LogP contribution is 2.30. The lowest BCUT2D eigenvalue weighted by Crippen LogP contribution is -2.04. The summed E-state index contributed by atoms with van der Waals surface area (Å²) >= 11 is 0. The van der Waals surface area contributed by atoms with Crippen LogP contribution in [0.1, 0.15) is 12.0 Å². The highest BCUT2D eigenvalue weighted by molar-refractivity contribution is 7.90. The van der Waals surface area contributed by atoms with Crippen molar-refractivity contribution in [1.29, 1.82) is 0 Å². The van der Waals surface area contributed by atoms with Gasteiger partial charge in [-0.05, 0) is 24.5 Å². The second-order valence-corrected chi connectivity index (χ2v) is 5.61. The summed E-state index contributed by atoms with van der Waals surface area (Å²) in [6, 6.07) is 3.62. The van der Waals surface area contributed by atoms with Gasteiger partial charge in [-0.1, -0.05) is 0 Å². The zero-order valence-electron chi connectivity index (χ0n) is 9.61. The lowest BCUT2D eigenvalue weighted by molar-refractivity contribution is 0.147. The Morgan fingerprint density at radius 1 is 1.41 bits per heavy atom. The quantitative estimate of drug-likeness (QED) is 0.754. The molecule has 1 aromatic carbocycles. The van der Waals surface area contributed by atoms with E-state index in [1.165, 1.54) is 6.07 Å². The fourth-order valence-electron chi connectivity index (χ4n) is 1.34. The molecule has 94 valence electrons. The first-order valence-electron chi connectivity index (χ1n) is 5.11. The van der Waals surface area contributed by atoms with Gasteiger partial charge in [0, 0.05) is 11.8 Å². The molecule has 0 saturated heterocycles. The third kappa shape index (κ3) is 3.69. The molecule has 1 rings (SSSR count). The molecule has 0 radical (unpaired) electrons. The van der Waals surface area contributed by atoms with E-state index in [2.05, 4.69) is 0 Å². The molecule has 0 aromatic heterocycles. The Labute approximate surface area is 100 Å². The smallest absolute Gasteiger partial charge is 0.265 e. The van der Waals surface area contributed by atoms with Crippen molar-refractivity contribution >= 4 is 17.7 Å². The fraction of sp³-hybridized carbons (Fsp3) is 0.400. The van der Waals surface area contributed by atoms with Crippen molar-refractivity contribution in [2.75, 3.05) is 12.9 Å². The van der Waals surface area contributed by atoms with E-state index in [4.69, 9.17) is 4.74 Å². The summed E-state index contributed by atoms with van der Waals surface area (Å²) in [6.07, 6.45) is -1.19. The summed E-state index contributed by atoms with van der Waals surface area (Å²) in [6.45, 7) is 0.404. The van der Waals surface area contributed by atoms with E-state index in [0.717, 1.165) is 24.7 Å². The first-order chi connectivity index (χ1) is 7.86.